The van der Waals surface area contributed by atoms with E-state index in [1.807, 2.05) is 13.0 Å². The van der Waals surface area contributed by atoms with Gasteiger partial charge in [-0.1, -0.05) is 19.1 Å². The Kier molecular flexibility index (Phi) is 4.41. The van der Waals surface area contributed by atoms with E-state index < -0.39 is 0 Å². The summed E-state index contributed by atoms with van der Waals surface area (Å²) in [6.45, 7) is 4.19. The van der Waals surface area contributed by atoms with Crippen LogP contribution in [0.5, 0.6) is 0 Å². The Hall–Kier alpha value is -1.66. The highest BCUT2D eigenvalue weighted by Gasteiger charge is 2.24. The van der Waals surface area contributed by atoms with E-state index in [1.54, 1.807) is 23.5 Å². The molecule has 3 aromatic rings. The standard InChI is InChI=1S/C19H19FN2OS2/c1-10-7-8-12-15(9-10)25-19-16(12)18(23)21-17(22-19)11(2)24-14-6-4-3-5-13(14)20/h3-6,10-11H,7-9H2,1-2H3,(H,21,22,23)/t10-,11-/m1/s1. The maximum absolute atomic E-state index is 13.9. The van der Waals surface area contributed by atoms with Crippen LogP contribution in [0.2, 0.25) is 0 Å². The summed E-state index contributed by atoms with van der Waals surface area (Å²) in [4.78, 5) is 23.0. The van der Waals surface area contributed by atoms with Crippen LogP contribution in [0, 0.1) is 11.7 Å². The summed E-state index contributed by atoms with van der Waals surface area (Å²) < 4.78 is 13.9. The van der Waals surface area contributed by atoms with Crippen LogP contribution in [0.1, 0.15) is 41.8 Å². The molecule has 2 atom stereocenters. The summed E-state index contributed by atoms with van der Waals surface area (Å²) in [5.41, 5.74) is 1.13. The van der Waals surface area contributed by atoms with Crippen molar-refractivity contribution < 1.29 is 4.39 Å². The topological polar surface area (TPSA) is 45.8 Å². The molecule has 1 aliphatic rings. The van der Waals surface area contributed by atoms with Gasteiger partial charge in [0.2, 0.25) is 0 Å². The number of fused-ring (bicyclic) bond motifs is 3. The van der Waals surface area contributed by atoms with Gasteiger partial charge in [-0.25, -0.2) is 9.37 Å². The molecule has 0 radical (unpaired) electrons. The number of nitrogens with one attached hydrogen (secondary N) is 1. The summed E-state index contributed by atoms with van der Waals surface area (Å²) in [6.07, 6.45) is 3.12. The van der Waals surface area contributed by atoms with Gasteiger partial charge in [0, 0.05) is 9.77 Å². The highest BCUT2D eigenvalue weighted by molar-refractivity contribution is 7.99. The number of thioether (sulfide) groups is 1. The number of nitrogens with zero attached hydrogens (tertiary/aromatic N) is 1. The Morgan fingerprint density at radius 3 is 3.00 bits per heavy atom. The first-order chi connectivity index (χ1) is 12.0. The lowest BCUT2D eigenvalue weighted by atomic mass is 9.89. The zero-order valence-corrected chi connectivity index (χ0v) is 15.8. The summed E-state index contributed by atoms with van der Waals surface area (Å²) in [5.74, 6) is 1.02. The Morgan fingerprint density at radius 2 is 2.20 bits per heavy atom. The number of aryl methyl sites for hydroxylation is 1. The average Bonchev–Trinajstić information content (AvgIpc) is 2.94. The van der Waals surface area contributed by atoms with E-state index in [4.69, 9.17) is 4.98 Å². The van der Waals surface area contributed by atoms with Crippen LogP contribution < -0.4 is 5.56 Å². The van der Waals surface area contributed by atoms with Gasteiger partial charge in [-0.15, -0.1) is 23.1 Å². The van der Waals surface area contributed by atoms with Crippen molar-refractivity contribution >= 4 is 33.3 Å². The molecule has 1 aromatic carbocycles. The van der Waals surface area contributed by atoms with E-state index >= 15 is 0 Å². The Labute approximate surface area is 153 Å². The van der Waals surface area contributed by atoms with Gasteiger partial charge in [0.1, 0.15) is 16.5 Å². The number of rotatable bonds is 3. The molecule has 0 amide bonds. The lowest BCUT2D eigenvalue weighted by Gasteiger charge is -2.17. The molecule has 4 rings (SSSR count). The second-order valence-corrected chi connectivity index (χ2v) is 9.14. The van der Waals surface area contributed by atoms with Gasteiger partial charge in [-0.3, -0.25) is 4.79 Å². The molecular formula is C19H19FN2OS2. The number of benzene rings is 1. The van der Waals surface area contributed by atoms with Crippen molar-refractivity contribution in [1.29, 1.82) is 0 Å². The van der Waals surface area contributed by atoms with E-state index in [-0.39, 0.29) is 16.6 Å². The van der Waals surface area contributed by atoms with Crippen molar-refractivity contribution in [2.45, 2.75) is 43.3 Å². The quantitative estimate of drug-likeness (QED) is 0.649. The number of aromatic amines is 1. The highest BCUT2D eigenvalue weighted by Crippen LogP contribution is 2.38. The Morgan fingerprint density at radius 1 is 1.40 bits per heavy atom. The van der Waals surface area contributed by atoms with Crippen molar-refractivity contribution in [3.8, 4) is 0 Å². The zero-order valence-electron chi connectivity index (χ0n) is 14.1. The number of hydrogen-bond acceptors (Lipinski definition) is 4. The van der Waals surface area contributed by atoms with Crippen molar-refractivity contribution in [2.75, 3.05) is 0 Å². The van der Waals surface area contributed by atoms with Gasteiger partial charge in [-0.2, -0.15) is 0 Å². The molecule has 6 heteroatoms. The normalized spacial score (nSPS) is 18.3. The van der Waals surface area contributed by atoms with Crippen LogP contribution in [-0.4, -0.2) is 9.97 Å². The molecule has 0 spiro atoms. The second kappa shape index (κ2) is 6.57. The number of aromatic nitrogens is 2. The van der Waals surface area contributed by atoms with E-state index in [2.05, 4.69) is 11.9 Å². The first kappa shape index (κ1) is 16.8. The summed E-state index contributed by atoms with van der Waals surface area (Å²) in [5, 5.41) is 0.630. The van der Waals surface area contributed by atoms with Crippen LogP contribution in [0.15, 0.2) is 34.0 Å². The molecule has 0 fully saturated rings. The number of hydrogen-bond donors (Lipinski definition) is 1. The lowest BCUT2D eigenvalue weighted by Crippen LogP contribution is -2.15. The predicted octanol–water partition coefficient (Wildman–Crippen LogP) is 5.10. The number of halogens is 1. The van der Waals surface area contributed by atoms with Crippen molar-refractivity contribution in [1.82, 2.24) is 9.97 Å². The fourth-order valence-electron chi connectivity index (χ4n) is 3.34. The molecule has 2 aromatic heterocycles. The molecular weight excluding hydrogens is 355 g/mol. The third kappa shape index (κ3) is 3.13. The van der Waals surface area contributed by atoms with Crippen LogP contribution >= 0.6 is 23.1 Å². The average molecular weight is 375 g/mol. The van der Waals surface area contributed by atoms with Gasteiger partial charge in [0.15, 0.2) is 0 Å². The van der Waals surface area contributed by atoms with Crippen LogP contribution in [0.25, 0.3) is 10.2 Å². The van der Waals surface area contributed by atoms with E-state index in [9.17, 15) is 9.18 Å². The maximum Gasteiger partial charge on any atom is 0.259 e. The largest absolute Gasteiger partial charge is 0.309 e. The summed E-state index contributed by atoms with van der Waals surface area (Å²) in [7, 11) is 0. The molecule has 0 aliphatic heterocycles. The highest BCUT2D eigenvalue weighted by atomic mass is 32.2. The third-order valence-electron chi connectivity index (χ3n) is 4.71. The lowest BCUT2D eigenvalue weighted by molar-refractivity contribution is 0.509. The first-order valence-corrected chi connectivity index (χ1v) is 10.2. The van der Waals surface area contributed by atoms with Gasteiger partial charge in [0.05, 0.1) is 10.6 Å². The third-order valence-corrected chi connectivity index (χ3v) is 7.02. The molecule has 0 saturated carbocycles. The minimum absolute atomic E-state index is 0.0620. The van der Waals surface area contributed by atoms with Crippen molar-refractivity contribution in [2.24, 2.45) is 5.92 Å². The smallest absolute Gasteiger partial charge is 0.259 e. The molecule has 3 nitrogen and oxygen atoms in total. The van der Waals surface area contributed by atoms with Crippen LogP contribution in [0.4, 0.5) is 4.39 Å². The number of H-pyrrole nitrogens is 1. The zero-order chi connectivity index (χ0) is 17.6. The van der Waals surface area contributed by atoms with E-state index in [0.29, 0.717) is 16.6 Å². The molecule has 0 bridgehead atoms. The molecule has 2 heterocycles. The fraction of sp³-hybridized carbons (Fsp3) is 0.368. The Bertz CT molecular complexity index is 995. The predicted molar refractivity (Wildman–Crippen MR) is 102 cm³/mol. The molecule has 0 saturated heterocycles. The number of thiophene rings is 1. The van der Waals surface area contributed by atoms with Gasteiger partial charge in [0.25, 0.3) is 5.56 Å². The SMILES string of the molecule is C[C@@H]1CCc2c(sc3nc([C@@H](C)Sc4ccccc4F)[nH]c(=O)c23)C1. The molecule has 1 N–H and O–H groups in total. The molecule has 0 unspecified atom stereocenters. The van der Waals surface area contributed by atoms with Gasteiger partial charge in [-0.05, 0) is 49.8 Å². The molecule has 1 aliphatic carbocycles. The minimum atomic E-state index is -0.247. The second-order valence-electron chi connectivity index (χ2n) is 6.67. The van der Waals surface area contributed by atoms with Gasteiger partial charge >= 0.3 is 0 Å². The van der Waals surface area contributed by atoms with Crippen molar-refractivity contribution in [3.63, 3.8) is 0 Å². The fourth-order valence-corrected chi connectivity index (χ4v) is 5.68. The maximum atomic E-state index is 13.9. The van der Waals surface area contributed by atoms with E-state index in [1.165, 1.54) is 28.3 Å². The van der Waals surface area contributed by atoms with Crippen molar-refractivity contribution in [3.05, 3.63) is 56.7 Å². The summed E-state index contributed by atoms with van der Waals surface area (Å²) >= 11 is 3.02. The first-order valence-electron chi connectivity index (χ1n) is 8.48. The van der Waals surface area contributed by atoms with E-state index in [0.717, 1.165) is 29.5 Å². The van der Waals surface area contributed by atoms with Gasteiger partial charge < -0.3 is 4.98 Å². The minimum Gasteiger partial charge on any atom is -0.309 e. The van der Waals surface area contributed by atoms with Crippen LogP contribution in [-0.2, 0) is 12.8 Å². The molecule has 130 valence electrons. The molecule has 25 heavy (non-hydrogen) atoms. The monoisotopic (exact) mass is 374 g/mol. The summed E-state index contributed by atoms with van der Waals surface area (Å²) in [6, 6.07) is 6.68. The van der Waals surface area contributed by atoms with Crippen LogP contribution in [0.3, 0.4) is 0 Å². The Balaban J connectivity index is 1.71.